The molecule has 0 saturated carbocycles. The smallest absolute Gasteiger partial charge is 0.0707 e. The van der Waals surface area contributed by atoms with E-state index in [-0.39, 0.29) is 0 Å². The van der Waals surface area contributed by atoms with Crippen LogP contribution < -0.4 is 4.90 Å². The average molecular weight is 353 g/mol. The summed E-state index contributed by atoms with van der Waals surface area (Å²) in [5.41, 5.74) is 4.54. The number of halogens is 1. The number of hydrogen-bond donors (Lipinski definition) is 0. The summed E-state index contributed by atoms with van der Waals surface area (Å²) in [6.45, 7) is 0. The van der Waals surface area contributed by atoms with Crippen LogP contribution in [0.1, 0.15) is 11.1 Å². The topological polar surface area (TPSA) is 16.1 Å². The Hall–Kier alpha value is -2.13. The van der Waals surface area contributed by atoms with Crippen molar-refractivity contribution in [3.8, 4) is 0 Å². The predicted molar refractivity (Wildman–Crippen MR) is 99.1 cm³/mol. The van der Waals surface area contributed by atoms with Gasteiger partial charge in [-0.05, 0) is 51.3 Å². The number of anilines is 1. The van der Waals surface area contributed by atoms with Gasteiger partial charge >= 0.3 is 0 Å². The number of rotatable bonds is 3. The Morgan fingerprint density at radius 1 is 1.00 bits per heavy atom. The molecule has 0 fully saturated rings. The minimum absolute atomic E-state index is 1.02. The quantitative estimate of drug-likeness (QED) is 0.641. The molecule has 3 heteroatoms. The lowest BCUT2D eigenvalue weighted by atomic mass is 10.1. The van der Waals surface area contributed by atoms with Crippen molar-refractivity contribution in [3.05, 3.63) is 70.3 Å². The van der Waals surface area contributed by atoms with E-state index >= 15 is 0 Å². The van der Waals surface area contributed by atoms with Crippen LogP contribution >= 0.6 is 15.9 Å². The summed E-state index contributed by atoms with van der Waals surface area (Å²) in [6.07, 6.45) is 6.13. The predicted octanol–water partition coefficient (Wildman–Crippen LogP) is 5.23. The van der Waals surface area contributed by atoms with Gasteiger partial charge in [-0.15, -0.1) is 0 Å². The summed E-state index contributed by atoms with van der Waals surface area (Å²) in [4.78, 5) is 6.49. The van der Waals surface area contributed by atoms with Crippen molar-refractivity contribution in [1.29, 1.82) is 0 Å². The fourth-order valence-electron chi connectivity index (χ4n) is 2.44. The van der Waals surface area contributed by atoms with Crippen LogP contribution in [0.3, 0.4) is 0 Å². The third-order valence-corrected chi connectivity index (χ3v) is 4.23. The third kappa shape index (κ3) is 3.04. The summed E-state index contributed by atoms with van der Waals surface area (Å²) < 4.78 is 1.10. The molecule has 1 heterocycles. The first kappa shape index (κ1) is 14.8. The van der Waals surface area contributed by atoms with Gasteiger partial charge in [0.25, 0.3) is 0 Å². The minimum Gasteiger partial charge on any atom is -0.377 e. The fraction of sp³-hybridized carbons (Fsp3) is 0.105. The summed E-state index contributed by atoms with van der Waals surface area (Å²) in [7, 11) is 4.08. The largest absolute Gasteiger partial charge is 0.377 e. The number of aromatic nitrogens is 1. The highest BCUT2D eigenvalue weighted by Gasteiger charge is 2.02. The molecule has 1 aromatic heterocycles. The summed E-state index contributed by atoms with van der Waals surface area (Å²) >= 11 is 3.63. The monoisotopic (exact) mass is 352 g/mol. The highest BCUT2D eigenvalue weighted by Crippen LogP contribution is 2.27. The molecule has 0 amide bonds. The van der Waals surface area contributed by atoms with Crippen molar-refractivity contribution in [2.45, 2.75) is 0 Å². The first-order chi connectivity index (χ1) is 10.6. The standard InChI is InChI=1S/C19H17BrN2/c1-22(2)19-10-8-14(13-17(19)20)7-9-15-11-12-21-18-6-4-3-5-16(15)18/h3-13H,1-2H3. The maximum Gasteiger partial charge on any atom is 0.0707 e. The van der Waals surface area contributed by atoms with Crippen molar-refractivity contribution >= 4 is 44.7 Å². The lowest BCUT2D eigenvalue weighted by Crippen LogP contribution is -2.09. The van der Waals surface area contributed by atoms with Crippen LogP contribution in [0.5, 0.6) is 0 Å². The van der Waals surface area contributed by atoms with Gasteiger partial charge in [-0.25, -0.2) is 0 Å². The van der Waals surface area contributed by atoms with Gasteiger partial charge in [0.2, 0.25) is 0 Å². The van der Waals surface area contributed by atoms with Gasteiger partial charge in [-0.2, -0.15) is 0 Å². The Bertz CT molecular complexity index is 832. The van der Waals surface area contributed by atoms with E-state index in [4.69, 9.17) is 0 Å². The maximum absolute atomic E-state index is 4.40. The molecule has 2 aromatic carbocycles. The Morgan fingerprint density at radius 2 is 1.82 bits per heavy atom. The van der Waals surface area contributed by atoms with Gasteiger partial charge in [-0.1, -0.05) is 36.4 Å². The number of benzene rings is 2. The molecular formula is C19H17BrN2. The molecule has 0 atom stereocenters. The first-order valence-electron chi connectivity index (χ1n) is 7.14. The first-order valence-corrected chi connectivity index (χ1v) is 7.93. The van der Waals surface area contributed by atoms with Gasteiger partial charge in [0.1, 0.15) is 0 Å². The molecular weight excluding hydrogens is 336 g/mol. The molecule has 110 valence electrons. The molecule has 22 heavy (non-hydrogen) atoms. The molecule has 3 rings (SSSR count). The number of pyridine rings is 1. The zero-order valence-corrected chi connectivity index (χ0v) is 14.2. The van der Waals surface area contributed by atoms with E-state index in [2.05, 4.69) is 62.2 Å². The molecule has 0 radical (unpaired) electrons. The molecule has 0 saturated heterocycles. The molecule has 0 spiro atoms. The molecule has 3 aromatic rings. The minimum atomic E-state index is 1.02. The maximum atomic E-state index is 4.40. The van der Waals surface area contributed by atoms with Crippen molar-refractivity contribution in [2.24, 2.45) is 0 Å². The third-order valence-electron chi connectivity index (χ3n) is 3.59. The molecule has 0 N–H and O–H groups in total. The van der Waals surface area contributed by atoms with Gasteiger partial charge in [0.15, 0.2) is 0 Å². The average Bonchev–Trinajstić information content (AvgIpc) is 2.52. The van der Waals surface area contributed by atoms with Gasteiger partial charge in [0, 0.05) is 30.2 Å². The Kier molecular flexibility index (Phi) is 4.25. The van der Waals surface area contributed by atoms with Gasteiger partial charge < -0.3 is 4.90 Å². The second kappa shape index (κ2) is 6.32. The lowest BCUT2D eigenvalue weighted by Gasteiger charge is -2.14. The molecule has 0 aliphatic heterocycles. The van der Waals surface area contributed by atoms with Crippen LogP contribution in [0.2, 0.25) is 0 Å². The van der Waals surface area contributed by atoms with Crippen LogP contribution in [0.25, 0.3) is 23.1 Å². The van der Waals surface area contributed by atoms with E-state index in [0.717, 1.165) is 9.99 Å². The Morgan fingerprint density at radius 3 is 2.59 bits per heavy atom. The van der Waals surface area contributed by atoms with Gasteiger partial charge in [-0.3, -0.25) is 4.98 Å². The number of fused-ring (bicyclic) bond motifs is 1. The second-order valence-corrected chi connectivity index (χ2v) is 6.21. The summed E-state index contributed by atoms with van der Waals surface area (Å²) in [5, 5.41) is 1.17. The Balaban J connectivity index is 1.95. The van der Waals surface area contributed by atoms with Crippen LogP contribution in [-0.4, -0.2) is 19.1 Å². The summed E-state index contributed by atoms with van der Waals surface area (Å²) in [6, 6.07) is 16.6. The van der Waals surface area contributed by atoms with Crippen molar-refractivity contribution in [2.75, 3.05) is 19.0 Å². The van der Waals surface area contributed by atoms with Crippen molar-refractivity contribution in [3.63, 3.8) is 0 Å². The number of para-hydroxylation sites is 1. The van der Waals surface area contributed by atoms with E-state index in [9.17, 15) is 0 Å². The zero-order valence-electron chi connectivity index (χ0n) is 12.6. The molecule has 0 aliphatic rings. The van der Waals surface area contributed by atoms with Gasteiger partial charge in [0.05, 0.1) is 11.2 Å². The van der Waals surface area contributed by atoms with Crippen molar-refractivity contribution < 1.29 is 0 Å². The van der Waals surface area contributed by atoms with Crippen molar-refractivity contribution in [1.82, 2.24) is 4.98 Å². The molecule has 0 unspecified atom stereocenters. The van der Waals surface area contributed by atoms with Crippen LogP contribution in [-0.2, 0) is 0 Å². The second-order valence-electron chi connectivity index (χ2n) is 5.36. The SMILES string of the molecule is CN(C)c1ccc(C=Cc2ccnc3ccccc23)cc1Br. The van der Waals surface area contributed by atoms with Crippen LogP contribution in [0, 0.1) is 0 Å². The highest BCUT2D eigenvalue weighted by atomic mass is 79.9. The zero-order chi connectivity index (χ0) is 15.5. The molecule has 0 bridgehead atoms. The molecule has 2 nitrogen and oxygen atoms in total. The normalized spacial score (nSPS) is 11.2. The van der Waals surface area contributed by atoms with E-state index in [1.807, 2.05) is 44.6 Å². The van der Waals surface area contributed by atoms with E-state index in [0.29, 0.717) is 0 Å². The van der Waals surface area contributed by atoms with E-state index < -0.39 is 0 Å². The lowest BCUT2D eigenvalue weighted by molar-refractivity contribution is 1.12. The Labute approximate surface area is 139 Å². The number of hydrogen-bond acceptors (Lipinski definition) is 2. The summed E-state index contributed by atoms with van der Waals surface area (Å²) in [5.74, 6) is 0. The van der Waals surface area contributed by atoms with E-state index in [1.165, 1.54) is 22.2 Å². The fourth-order valence-corrected chi connectivity index (χ4v) is 3.19. The van der Waals surface area contributed by atoms with Crippen LogP contribution in [0.4, 0.5) is 5.69 Å². The van der Waals surface area contributed by atoms with Crippen LogP contribution in [0.15, 0.2) is 59.2 Å². The van der Waals surface area contributed by atoms with E-state index in [1.54, 1.807) is 0 Å². The molecule has 0 aliphatic carbocycles. The number of nitrogens with zero attached hydrogens (tertiary/aromatic N) is 2. The highest BCUT2D eigenvalue weighted by molar-refractivity contribution is 9.10.